The van der Waals surface area contributed by atoms with Crippen molar-refractivity contribution in [3.05, 3.63) is 63.5 Å². The number of nitrogens with zero attached hydrogens (tertiary/aromatic N) is 1. The molecule has 0 aliphatic heterocycles. The Morgan fingerprint density at radius 3 is 2.62 bits per heavy atom. The van der Waals surface area contributed by atoms with Crippen molar-refractivity contribution in [2.45, 2.75) is 19.4 Å². The van der Waals surface area contributed by atoms with Gasteiger partial charge < -0.3 is 14.3 Å². The van der Waals surface area contributed by atoms with Gasteiger partial charge in [-0.15, -0.1) is 0 Å². The van der Waals surface area contributed by atoms with Crippen LogP contribution in [0.5, 0.6) is 0 Å². The maximum atomic E-state index is 11.5. The maximum Gasteiger partial charge on any atom is 0.307 e. The third kappa shape index (κ3) is 3.98. The van der Waals surface area contributed by atoms with E-state index in [0.717, 1.165) is 0 Å². The van der Waals surface area contributed by atoms with E-state index in [9.17, 15) is 9.59 Å². The Kier molecular flexibility index (Phi) is 5.15. The van der Waals surface area contributed by atoms with Gasteiger partial charge in [-0.2, -0.15) is 0 Å². The first-order valence-electron chi connectivity index (χ1n) is 7.57. The van der Waals surface area contributed by atoms with Crippen molar-refractivity contribution >= 4 is 46.2 Å². The van der Waals surface area contributed by atoms with Crippen molar-refractivity contribution in [1.29, 1.82) is 0 Å². The lowest BCUT2D eigenvalue weighted by molar-refractivity contribution is -0.145. The molecule has 0 bridgehead atoms. The van der Waals surface area contributed by atoms with Gasteiger partial charge in [-0.05, 0) is 29.8 Å². The van der Waals surface area contributed by atoms with Crippen molar-refractivity contribution in [2.24, 2.45) is 0 Å². The Bertz CT molecular complexity index is 998. The molecule has 134 valence electrons. The third-order valence-corrected chi connectivity index (χ3v) is 4.32. The normalized spacial score (nSPS) is 12.1. The molecule has 8 heteroatoms. The van der Waals surface area contributed by atoms with Gasteiger partial charge in [0, 0.05) is 12.5 Å². The highest BCUT2D eigenvalue weighted by Gasteiger charge is 2.24. The van der Waals surface area contributed by atoms with Crippen LogP contribution in [0.3, 0.4) is 0 Å². The minimum atomic E-state index is -0.947. The van der Waals surface area contributed by atoms with Gasteiger partial charge in [0.25, 0.3) is 0 Å². The summed E-state index contributed by atoms with van der Waals surface area (Å²) in [6, 6.07) is 9.72. The van der Waals surface area contributed by atoms with Crippen LogP contribution >= 0.6 is 23.2 Å². The summed E-state index contributed by atoms with van der Waals surface area (Å²) in [6.07, 6.45) is -1.04. The monoisotopic (exact) mass is 393 g/mol. The van der Waals surface area contributed by atoms with E-state index in [4.69, 9.17) is 37.5 Å². The molecule has 3 rings (SSSR count). The fourth-order valence-corrected chi connectivity index (χ4v) is 2.79. The molecule has 3 aromatic rings. The number of carbonyl (C=O) groups excluding carboxylic acids is 1. The fourth-order valence-electron chi connectivity index (χ4n) is 2.49. The molecule has 26 heavy (non-hydrogen) atoms. The van der Waals surface area contributed by atoms with Gasteiger partial charge in [0.1, 0.15) is 5.52 Å². The van der Waals surface area contributed by atoms with Gasteiger partial charge in [-0.25, -0.2) is 4.98 Å². The number of carboxylic acid groups (broad SMARTS) is 1. The number of carboxylic acids is 1. The first-order chi connectivity index (χ1) is 12.3. The summed E-state index contributed by atoms with van der Waals surface area (Å²) in [5.74, 6) is -1.31. The van der Waals surface area contributed by atoms with Crippen LogP contribution in [0, 0.1) is 0 Å². The van der Waals surface area contributed by atoms with E-state index in [2.05, 4.69) is 4.98 Å². The Morgan fingerprint density at radius 1 is 1.19 bits per heavy atom. The predicted octanol–water partition coefficient (Wildman–Crippen LogP) is 4.41. The summed E-state index contributed by atoms with van der Waals surface area (Å²) >= 11 is 12.0. The molecule has 1 heterocycles. The number of hydrogen-bond donors (Lipinski definition) is 1. The summed E-state index contributed by atoms with van der Waals surface area (Å²) in [4.78, 5) is 26.7. The Labute approximate surface area is 158 Å². The van der Waals surface area contributed by atoms with E-state index in [1.54, 1.807) is 36.4 Å². The summed E-state index contributed by atoms with van der Waals surface area (Å²) in [6.45, 7) is 1.28. The van der Waals surface area contributed by atoms with Crippen LogP contribution in [-0.4, -0.2) is 22.0 Å². The summed E-state index contributed by atoms with van der Waals surface area (Å²) in [7, 11) is 0. The van der Waals surface area contributed by atoms with Crippen LogP contribution < -0.4 is 0 Å². The van der Waals surface area contributed by atoms with Crippen LogP contribution in [0.4, 0.5) is 0 Å². The summed E-state index contributed by atoms with van der Waals surface area (Å²) in [5, 5.41) is 9.58. The molecular weight excluding hydrogens is 381 g/mol. The molecule has 1 atom stereocenters. The second-order valence-corrected chi connectivity index (χ2v) is 6.40. The molecule has 0 aliphatic carbocycles. The standard InChI is InChI=1S/C18H13Cl2NO5/c1-9(22)25-17(11-3-4-12(19)13(20)8-11)18-21-14-5-2-10(7-16(23)24)6-15(14)26-18/h2-6,8,17H,7H2,1H3,(H,23,24). The molecule has 0 aliphatic rings. The highest BCUT2D eigenvalue weighted by Crippen LogP contribution is 2.32. The number of fused-ring (bicyclic) bond motifs is 1. The van der Waals surface area contributed by atoms with E-state index >= 15 is 0 Å². The molecule has 0 saturated heterocycles. The number of esters is 1. The second-order valence-electron chi connectivity index (χ2n) is 5.59. The molecule has 1 unspecified atom stereocenters. The van der Waals surface area contributed by atoms with Gasteiger partial charge in [0.05, 0.1) is 16.5 Å². The van der Waals surface area contributed by atoms with E-state index in [0.29, 0.717) is 32.3 Å². The number of aromatic nitrogens is 1. The zero-order chi connectivity index (χ0) is 18.8. The number of hydrogen-bond acceptors (Lipinski definition) is 5. The lowest BCUT2D eigenvalue weighted by Crippen LogP contribution is -2.10. The quantitative estimate of drug-likeness (QED) is 0.645. The number of rotatable bonds is 5. The Hall–Kier alpha value is -2.57. The Morgan fingerprint density at radius 2 is 1.96 bits per heavy atom. The number of oxazole rings is 1. The molecule has 0 radical (unpaired) electrons. The first kappa shape index (κ1) is 18.2. The van der Waals surface area contributed by atoms with Crippen molar-refractivity contribution in [3.63, 3.8) is 0 Å². The minimum Gasteiger partial charge on any atom is -0.481 e. The van der Waals surface area contributed by atoms with Gasteiger partial charge in [0.15, 0.2) is 5.58 Å². The summed E-state index contributed by atoms with van der Waals surface area (Å²) < 4.78 is 11.1. The largest absolute Gasteiger partial charge is 0.481 e. The molecule has 0 spiro atoms. The zero-order valence-electron chi connectivity index (χ0n) is 13.5. The molecule has 1 aromatic heterocycles. The predicted molar refractivity (Wildman–Crippen MR) is 95.4 cm³/mol. The van der Waals surface area contributed by atoms with Crippen LogP contribution in [0.2, 0.25) is 10.0 Å². The van der Waals surface area contributed by atoms with Gasteiger partial charge in [-0.3, -0.25) is 9.59 Å². The summed E-state index contributed by atoms with van der Waals surface area (Å²) in [5.41, 5.74) is 2.04. The molecule has 0 saturated carbocycles. The van der Waals surface area contributed by atoms with Crippen LogP contribution in [0.25, 0.3) is 11.1 Å². The average Bonchev–Trinajstić information content (AvgIpc) is 2.97. The zero-order valence-corrected chi connectivity index (χ0v) is 15.0. The van der Waals surface area contributed by atoms with E-state index in [-0.39, 0.29) is 12.3 Å². The molecule has 6 nitrogen and oxygen atoms in total. The number of aliphatic carboxylic acids is 1. The van der Waals surface area contributed by atoms with Crippen molar-refractivity contribution in [2.75, 3.05) is 0 Å². The highest BCUT2D eigenvalue weighted by atomic mass is 35.5. The van der Waals surface area contributed by atoms with E-state index in [1.165, 1.54) is 6.92 Å². The van der Waals surface area contributed by atoms with E-state index < -0.39 is 18.0 Å². The fraction of sp³-hybridized carbons (Fsp3) is 0.167. The third-order valence-electron chi connectivity index (χ3n) is 3.58. The number of carbonyl (C=O) groups is 2. The van der Waals surface area contributed by atoms with Crippen LogP contribution in [-0.2, 0) is 20.7 Å². The maximum absolute atomic E-state index is 11.5. The topological polar surface area (TPSA) is 89.6 Å². The van der Waals surface area contributed by atoms with Gasteiger partial charge >= 0.3 is 11.9 Å². The Balaban J connectivity index is 2.04. The van der Waals surface area contributed by atoms with Gasteiger partial charge in [-0.1, -0.05) is 35.3 Å². The first-order valence-corrected chi connectivity index (χ1v) is 8.32. The average molecular weight is 394 g/mol. The van der Waals surface area contributed by atoms with Crippen LogP contribution in [0.1, 0.15) is 30.0 Å². The molecule has 2 aromatic carbocycles. The molecule has 0 fully saturated rings. The SMILES string of the molecule is CC(=O)OC(c1ccc(Cl)c(Cl)c1)c1nc2ccc(CC(=O)O)cc2o1. The van der Waals surface area contributed by atoms with Crippen molar-refractivity contribution < 1.29 is 23.8 Å². The lowest BCUT2D eigenvalue weighted by atomic mass is 10.1. The van der Waals surface area contributed by atoms with Crippen molar-refractivity contribution in [3.8, 4) is 0 Å². The molecule has 1 N–H and O–H groups in total. The van der Waals surface area contributed by atoms with Gasteiger partial charge in [0.2, 0.25) is 12.0 Å². The minimum absolute atomic E-state index is 0.133. The number of benzene rings is 2. The molecular formula is C18H13Cl2NO5. The second kappa shape index (κ2) is 7.35. The van der Waals surface area contributed by atoms with Crippen molar-refractivity contribution in [1.82, 2.24) is 4.98 Å². The highest BCUT2D eigenvalue weighted by molar-refractivity contribution is 6.42. The van der Waals surface area contributed by atoms with E-state index in [1.807, 2.05) is 0 Å². The van der Waals surface area contributed by atoms with Crippen LogP contribution in [0.15, 0.2) is 40.8 Å². The number of halogens is 2. The molecule has 0 amide bonds. The number of ether oxygens (including phenoxy) is 1. The lowest BCUT2D eigenvalue weighted by Gasteiger charge is -2.14. The smallest absolute Gasteiger partial charge is 0.307 e.